The van der Waals surface area contributed by atoms with E-state index in [1.165, 1.54) is 15.8 Å². The Kier molecular flexibility index (Phi) is 4.68. The molecule has 0 saturated carbocycles. The first-order valence-electron chi connectivity index (χ1n) is 7.28. The lowest BCUT2D eigenvalue weighted by atomic mass is 10.1. The van der Waals surface area contributed by atoms with E-state index in [0.717, 1.165) is 23.7 Å². The van der Waals surface area contributed by atoms with E-state index < -0.39 is 0 Å². The zero-order valence-corrected chi connectivity index (χ0v) is 17.2. The zero-order chi connectivity index (χ0) is 16.5. The van der Waals surface area contributed by atoms with Crippen LogP contribution in [0.3, 0.4) is 0 Å². The van der Waals surface area contributed by atoms with E-state index in [2.05, 4.69) is 92.5 Å². The zero-order valence-electron chi connectivity index (χ0n) is 12.4. The molecule has 0 N–H and O–H groups in total. The van der Waals surface area contributed by atoms with Gasteiger partial charge >= 0.3 is 0 Å². The van der Waals surface area contributed by atoms with E-state index in [9.17, 15) is 0 Å². The summed E-state index contributed by atoms with van der Waals surface area (Å²) in [6, 6.07) is 18.9. The average molecular weight is 477 g/mol. The van der Waals surface area contributed by atoms with Gasteiger partial charge in [-0.2, -0.15) is 0 Å². The van der Waals surface area contributed by atoms with E-state index in [1.54, 1.807) is 22.7 Å². The van der Waals surface area contributed by atoms with E-state index in [1.807, 2.05) is 6.07 Å². The summed E-state index contributed by atoms with van der Waals surface area (Å²) in [7, 11) is 0. The SMILES string of the molecule is Brc1cc(/C=C/c2ccc(-c3nc4ccccc4s3)cc2)c(Br)s1. The first-order valence-corrected chi connectivity index (χ1v) is 10.5. The number of hydrogen-bond donors (Lipinski definition) is 0. The van der Waals surface area contributed by atoms with E-state index >= 15 is 0 Å². The number of thiophene rings is 1. The Hall–Kier alpha value is -1.27. The number of benzene rings is 2. The number of aromatic nitrogens is 1. The summed E-state index contributed by atoms with van der Waals surface area (Å²) in [5, 5.41) is 1.07. The summed E-state index contributed by atoms with van der Waals surface area (Å²) in [5.74, 6) is 0. The lowest BCUT2D eigenvalue weighted by Gasteiger charge is -1.97. The molecular weight excluding hydrogens is 466 g/mol. The third-order valence-electron chi connectivity index (χ3n) is 3.59. The van der Waals surface area contributed by atoms with Gasteiger partial charge in [0.05, 0.1) is 17.8 Å². The molecule has 2 aromatic heterocycles. The standard InChI is InChI=1S/C19H11Br2NS2/c20-17-11-14(18(21)24-17)10-7-12-5-8-13(9-6-12)19-22-15-3-1-2-4-16(15)23-19/h1-11H/b10-7+. The van der Waals surface area contributed by atoms with Crippen molar-refractivity contribution in [2.45, 2.75) is 0 Å². The molecule has 0 aliphatic rings. The van der Waals surface area contributed by atoms with Crippen LogP contribution in [0.5, 0.6) is 0 Å². The predicted octanol–water partition coefficient (Wildman–Crippen LogP) is 7.72. The molecule has 0 unspecified atom stereocenters. The van der Waals surface area contributed by atoms with Crippen LogP contribution in [0.2, 0.25) is 0 Å². The molecule has 0 radical (unpaired) electrons. The maximum absolute atomic E-state index is 4.71. The molecule has 4 aromatic rings. The van der Waals surface area contributed by atoms with Crippen LogP contribution < -0.4 is 0 Å². The van der Waals surface area contributed by atoms with E-state index in [4.69, 9.17) is 4.98 Å². The monoisotopic (exact) mass is 475 g/mol. The van der Waals surface area contributed by atoms with Gasteiger partial charge in [-0.1, -0.05) is 48.6 Å². The summed E-state index contributed by atoms with van der Waals surface area (Å²) in [4.78, 5) is 4.71. The maximum Gasteiger partial charge on any atom is 0.124 e. The van der Waals surface area contributed by atoms with Crippen molar-refractivity contribution in [1.29, 1.82) is 0 Å². The highest BCUT2D eigenvalue weighted by Gasteiger charge is 2.05. The lowest BCUT2D eigenvalue weighted by molar-refractivity contribution is 1.47. The van der Waals surface area contributed by atoms with Crippen molar-refractivity contribution in [3.8, 4) is 10.6 Å². The summed E-state index contributed by atoms with van der Waals surface area (Å²) < 4.78 is 3.49. The molecule has 118 valence electrons. The number of para-hydroxylation sites is 1. The van der Waals surface area contributed by atoms with Gasteiger partial charge in [0, 0.05) is 11.1 Å². The highest BCUT2D eigenvalue weighted by Crippen LogP contribution is 2.33. The fourth-order valence-corrected chi connectivity index (χ4v) is 6.11. The fourth-order valence-electron chi connectivity index (χ4n) is 2.39. The molecule has 0 aliphatic heterocycles. The van der Waals surface area contributed by atoms with Gasteiger partial charge in [0.25, 0.3) is 0 Å². The van der Waals surface area contributed by atoms with Gasteiger partial charge in [0.2, 0.25) is 0 Å². The smallest absolute Gasteiger partial charge is 0.124 e. The van der Waals surface area contributed by atoms with Crippen LogP contribution >= 0.6 is 54.5 Å². The highest BCUT2D eigenvalue weighted by molar-refractivity contribution is 9.12. The minimum Gasteiger partial charge on any atom is -0.236 e. The number of halogens is 2. The Morgan fingerprint density at radius 1 is 0.875 bits per heavy atom. The molecular formula is C19H11Br2NS2. The Morgan fingerprint density at radius 2 is 1.67 bits per heavy atom. The van der Waals surface area contributed by atoms with Crippen molar-refractivity contribution >= 4 is 76.9 Å². The van der Waals surface area contributed by atoms with Crippen molar-refractivity contribution in [3.05, 3.63) is 73.3 Å². The van der Waals surface area contributed by atoms with Crippen LogP contribution in [0.15, 0.2) is 62.2 Å². The van der Waals surface area contributed by atoms with Gasteiger partial charge in [-0.05, 0) is 55.6 Å². The molecule has 1 nitrogen and oxygen atoms in total. The molecule has 0 spiro atoms. The number of fused-ring (bicyclic) bond motifs is 1. The molecule has 0 aliphatic carbocycles. The first kappa shape index (κ1) is 16.2. The second kappa shape index (κ2) is 6.92. The number of rotatable bonds is 3. The molecule has 0 amide bonds. The van der Waals surface area contributed by atoms with Crippen LogP contribution in [-0.4, -0.2) is 4.98 Å². The number of nitrogens with zero attached hydrogens (tertiary/aromatic N) is 1. The molecule has 2 heterocycles. The Balaban J connectivity index is 1.59. The predicted molar refractivity (Wildman–Crippen MR) is 114 cm³/mol. The lowest BCUT2D eigenvalue weighted by Crippen LogP contribution is -1.77. The summed E-state index contributed by atoms with van der Waals surface area (Å²) >= 11 is 10.5. The van der Waals surface area contributed by atoms with Crippen molar-refractivity contribution in [2.24, 2.45) is 0 Å². The molecule has 4 rings (SSSR count). The van der Waals surface area contributed by atoms with Gasteiger partial charge in [-0.25, -0.2) is 4.98 Å². The van der Waals surface area contributed by atoms with Gasteiger partial charge < -0.3 is 0 Å². The quantitative estimate of drug-likeness (QED) is 0.295. The Labute approximate surface area is 165 Å². The van der Waals surface area contributed by atoms with Crippen molar-refractivity contribution in [3.63, 3.8) is 0 Å². The van der Waals surface area contributed by atoms with E-state index in [0.29, 0.717) is 0 Å². The Morgan fingerprint density at radius 3 is 2.38 bits per heavy atom. The van der Waals surface area contributed by atoms with Gasteiger partial charge in [-0.15, -0.1) is 22.7 Å². The number of hydrogen-bond acceptors (Lipinski definition) is 3. The van der Waals surface area contributed by atoms with Gasteiger partial charge in [0.1, 0.15) is 5.01 Å². The summed E-state index contributed by atoms with van der Waals surface area (Å²) in [6.07, 6.45) is 4.25. The minimum atomic E-state index is 1.06. The molecule has 0 bridgehead atoms. The summed E-state index contributed by atoms with van der Waals surface area (Å²) in [5.41, 5.74) is 4.58. The Bertz CT molecular complexity index is 996. The van der Waals surface area contributed by atoms with Crippen LogP contribution in [0.25, 0.3) is 32.9 Å². The van der Waals surface area contributed by atoms with Gasteiger partial charge in [0.15, 0.2) is 0 Å². The van der Waals surface area contributed by atoms with Crippen LogP contribution in [0.1, 0.15) is 11.1 Å². The summed E-state index contributed by atoms with van der Waals surface area (Å²) in [6.45, 7) is 0. The minimum absolute atomic E-state index is 1.06. The van der Waals surface area contributed by atoms with Crippen molar-refractivity contribution in [2.75, 3.05) is 0 Å². The fraction of sp³-hybridized carbons (Fsp3) is 0. The third kappa shape index (κ3) is 3.40. The van der Waals surface area contributed by atoms with Crippen molar-refractivity contribution in [1.82, 2.24) is 4.98 Å². The molecule has 2 aromatic carbocycles. The second-order valence-electron chi connectivity index (χ2n) is 5.22. The number of thiazole rings is 1. The third-order valence-corrected chi connectivity index (χ3v) is 7.06. The molecule has 0 atom stereocenters. The normalized spacial score (nSPS) is 11.6. The van der Waals surface area contributed by atoms with Crippen molar-refractivity contribution < 1.29 is 0 Å². The second-order valence-corrected chi connectivity index (χ2v) is 10.0. The average Bonchev–Trinajstić information content (AvgIpc) is 3.16. The molecule has 24 heavy (non-hydrogen) atoms. The molecule has 0 saturated heterocycles. The van der Waals surface area contributed by atoms with Crippen LogP contribution in [0.4, 0.5) is 0 Å². The molecule has 5 heteroatoms. The topological polar surface area (TPSA) is 12.9 Å². The largest absolute Gasteiger partial charge is 0.236 e. The first-order chi connectivity index (χ1) is 11.7. The highest BCUT2D eigenvalue weighted by atomic mass is 79.9. The van der Waals surface area contributed by atoms with Crippen LogP contribution in [-0.2, 0) is 0 Å². The molecule has 0 fully saturated rings. The van der Waals surface area contributed by atoms with E-state index in [-0.39, 0.29) is 0 Å². The maximum atomic E-state index is 4.71. The van der Waals surface area contributed by atoms with Crippen LogP contribution in [0, 0.1) is 0 Å². The van der Waals surface area contributed by atoms with Gasteiger partial charge in [-0.3, -0.25) is 0 Å².